The van der Waals surface area contributed by atoms with Gasteiger partial charge in [-0.15, -0.1) is 0 Å². The molecule has 0 fully saturated rings. The Morgan fingerprint density at radius 3 is 2.44 bits per heavy atom. The van der Waals surface area contributed by atoms with Crippen molar-refractivity contribution in [3.63, 3.8) is 0 Å². The Kier molecular flexibility index (Phi) is 4.94. The predicted molar refractivity (Wildman–Crippen MR) is 106 cm³/mol. The van der Waals surface area contributed by atoms with Crippen LogP contribution in [0.15, 0.2) is 24.4 Å². The Balaban J connectivity index is 2.19. The van der Waals surface area contributed by atoms with Crippen molar-refractivity contribution >= 4 is 11.0 Å². The summed E-state index contributed by atoms with van der Waals surface area (Å²) >= 11 is 0. The molecule has 0 aromatic carbocycles. The quantitative estimate of drug-likeness (QED) is 0.589. The third-order valence-corrected chi connectivity index (χ3v) is 4.87. The number of pyridine rings is 2. The molecule has 3 nitrogen and oxygen atoms in total. The number of rotatable bonds is 5. The molecule has 3 heterocycles. The Bertz CT molecular complexity index is 903. The first-order valence-corrected chi connectivity index (χ1v) is 9.43. The Morgan fingerprint density at radius 1 is 1.04 bits per heavy atom. The van der Waals surface area contributed by atoms with E-state index in [0.717, 1.165) is 42.0 Å². The summed E-state index contributed by atoms with van der Waals surface area (Å²) in [4.78, 5) is 9.97. The van der Waals surface area contributed by atoms with Crippen LogP contribution in [-0.4, -0.2) is 14.5 Å². The van der Waals surface area contributed by atoms with Crippen molar-refractivity contribution in [2.45, 2.75) is 66.8 Å². The fourth-order valence-corrected chi connectivity index (χ4v) is 3.50. The van der Waals surface area contributed by atoms with Crippen LogP contribution in [0.1, 0.15) is 62.5 Å². The topological polar surface area (TPSA) is 30.7 Å². The minimum atomic E-state index is 0.446. The van der Waals surface area contributed by atoms with Crippen LogP contribution >= 0.6 is 0 Å². The van der Waals surface area contributed by atoms with E-state index in [1.165, 1.54) is 22.2 Å². The second-order valence-electron chi connectivity index (χ2n) is 7.27. The maximum Gasteiger partial charge on any atom is 0.0917 e. The highest BCUT2D eigenvalue weighted by Crippen LogP contribution is 2.30. The smallest absolute Gasteiger partial charge is 0.0917 e. The first kappa shape index (κ1) is 17.7. The molecule has 132 valence electrons. The van der Waals surface area contributed by atoms with Gasteiger partial charge in [0, 0.05) is 29.7 Å². The van der Waals surface area contributed by atoms with Gasteiger partial charge in [0.15, 0.2) is 0 Å². The standard InChI is InChI=1S/C22H29N3/c1-7-11-25-13-16(6)22-20(25)12-15(5)21(24-22)17-9-10-19(14(3)4)23-18(17)8-2/h9-10,12-14H,7-8,11H2,1-6H3. The highest BCUT2D eigenvalue weighted by Gasteiger charge is 2.15. The third kappa shape index (κ3) is 3.20. The summed E-state index contributed by atoms with van der Waals surface area (Å²) in [5.74, 6) is 0.446. The molecule has 3 rings (SSSR count). The van der Waals surface area contributed by atoms with E-state index in [0.29, 0.717) is 5.92 Å². The summed E-state index contributed by atoms with van der Waals surface area (Å²) in [6.45, 7) is 14.1. The largest absolute Gasteiger partial charge is 0.346 e. The van der Waals surface area contributed by atoms with Crippen LogP contribution in [0.4, 0.5) is 0 Å². The van der Waals surface area contributed by atoms with Gasteiger partial charge in [-0.3, -0.25) is 4.98 Å². The first-order chi connectivity index (χ1) is 12.0. The molecule has 0 bridgehead atoms. The van der Waals surface area contributed by atoms with Crippen molar-refractivity contribution in [2.75, 3.05) is 0 Å². The minimum absolute atomic E-state index is 0.446. The molecule has 0 saturated heterocycles. The van der Waals surface area contributed by atoms with E-state index >= 15 is 0 Å². The first-order valence-electron chi connectivity index (χ1n) is 9.43. The van der Waals surface area contributed by atoms with Gasteiger partial charge in [-0.25, -0.2) is 4.98 Å². The molecule has 3 aromatic heterocycles. The number of aryl methyl sites for hydroxylation is 4. The average Bonchev–Trinajstić information content (AvgIpc) is 2.89. The van der Waals surface area contributed by atoms with E-state index in [4.69, 9.17) is 9.97 Å². The summed E-state index contributed by atoms with van der Waals surface area (Å²) in [6.07, 6.45) is 4.28. The van der Waals surface area contributed by atoms with Crippen molar-refractivity contribution in [3.8, 4) is 11.3 Å². The predicted octanol–water partition coefficient (Wildman–Crippen LogP) is 5.81. The van der Waals surface area contributed by atoms with Crippen molar-refractivity contribution < 1.29 is 0 Å². The van der Waals surface area contributed by atoms with Crippen LogP contribution in [0.25, 0.3) is 22.3 Å². The molecule has 0 atom stereocenters. The van der Waals surface area contributed by atoms with Crippen LogP contribution in [0.2, 0.25) is 0 Å². The van der Waals surface area contributed by atoms with Crippen LogP contribution in [-0.2, 0) is 13.0 Å². The van der Waals surface area contributed by atoms with Gasteiger partial charge in [-0.1, -0.05) is 27.7 Å². The van der Waals surface area contributed by atoms with Crippen LogP contribution in [0.3, 0.4) is 0 Å². The number of hydrogen-bond donors (Lipinski definition) is 0. The monoisotopic (exact) mass is 335 g/mol. The zero-order valence-electron chi connectivity index (χ0n) is 16.3. The van der Waals surface area contributed by atoms with Crippen molar-refractivity contribution in [2.24, 2.45) is 0 Å². The fourth-order valence-electron chi connectivity index (χ4n) is 3.50. The van der Waals surface area contributed by atoms with Gasteiger partial charge >= 0.3 is 0 Å². The summed E-state index contributed by atoms with van der Waals surface area (Å²) in [5, 5.41) is 0. The zero-order chi connectivity index (χ0) is 18.1. The van der Waals surface area contributed by atoms with Gasteiger partial charge in [-0.2, -0.15) is 0 Å². The van der Waals surface area contributed by atoms with E-state index in [9.17, 15) is 0 Å². The molecule has 3 heteroatoms. The molecule has 3 aromatic rings. The SMILES string of the molecule is CCCn1cc(C)c2nc(-c3ccc(C(C)C)nc3CC)c(C)cc21. The molecule has 0 aliphatic heterocycles. The fraction of sp³-hybridized carbons (Fsp3) is 0.455. The van der Waals surface area contributed by atoms with Gasteiger partial charge < -0.3 is 4.57 Å². The van der Waals surface area contributed by atoms with E-state index in [1.807, 2.05) is 0 Å². The van der Waals surface area contributed by atoms with E-state index in [1.54, 1.807) is 0 Å². The Hall–Kier alpha value is -2.16. The molecule has 0 amide bonds. The summed E-state index contributed by atoms with van der Waals surface area (Å²) in [6, 6.07) is 6.65. The van der Waals surface area contributed by atoms with E-state index in [2.05, 4.69) is 70.5 Å². The lowest BCUT2D eigenvalue weighted by molar-refractivity contribution is 0.702. The second-order valence-corrected chi connectivity index (χ2v) is 7.27. The normalized spacial score (nSPS) is 11.6. The van der Waals surface area contributed by atoms with E-state index < -0.39 is 0 Å². The summed E-state index contributed by atoms with van der Waals surface area (Å²) in [7, 11) is 0. The van der Waals surface area contributed by atoms with Crippen molar-refractivity contribution in [1.29, 1.82) is 0 Å². The Labute approximate surface area is 151 Å². The lowest BCUT2D eigenvalue weighted by Crippen LogP contribution is -2.02. The Morgan fingerprint density at radius 2 is 1.80 bits per heavy atom. The van der Waals surface area contributed by atoms with Crippen molar-refractivity contribution in [1.82, 2.24) is 14.5 Å². The molecular formula is C22H29N3. The average molecular weight is 335 g/mol. The van der Waals surface area contributed by atoms with Gasteiger partial charge in [0.05, 0.1) is 16.7 Å². The number of aromatic nitrogens is 3. The number of hydrogen-bond acceptors (Lipinski definition) is 2. The van der Waals surface area contributed by atoms with Crippen LogP contribution < -0.4 is 0 Å². The van der Waals surface area contributed by atoms with Crippen LogP contribution in [0.5, 0.6) is 0 Å². The second kappa shape index (κ2) is 6.99. The highest BCUT2D eigenvalue weighted by atomic mass is 15.0. The molecule has 0 radical (unpaired) electrons. The van der Waals surface area contributed by atoms with Gasteiger partial charge in [0.25, 0.3) is 0 Å². The number of nitrogens with zero attached hydrogens (tertiary/aromatic N) is 3. The molecule has 0 N–H and O–H groups in total. The van der Waals surface area contributed by atoms with Gasteiger partial charge in [-0.05, 0) is 61.9 Å². The minimum Gasteiger partial charge on any atom is -0.346 e. The summed E-state index contributed by atoms with van der Waals surface area (Å²) < 4.78 is 2.33. The molecule has 0 unspecified atom stereocenters. The third-order valence-electron chi connectivity index (χ3n) is 4.87. The molecule has 25 heavy (non-hydrogen) atoms. The molecule has 0 aliphatic rings. The molecular weight excluding hydrogens is 306 g/mol. The maximum atomic E-state index is 5.07. The van der Waals surface area contributed by atoms with Gasteiger partial charge in [0.1, 0.15) is 0 Å². The molecule has 0 spiro atoms. The van der Waals surface area contributed by atoms with Crippen molar-refractivity contribution in [3.05, 3.63) is 46.9 Å². The zero-order valence-corrected chi connectivity index (χ0v) is 16.3. The number of fused-ring (bicyclic) bond motifs is 1. The molecule has 0 saturated carbocycles. The lowest BCUT2D eigenvalue weighted by Gasteiger charge is -2.14. The highest BCUT2D eigenvalue weighted by molar-refractivity contribution is 5.84. The maximum absolute atomic E-state index is 5.07. The van der Waals surface area contributed by atoms with Crippen LogP contribution in [0, 0.1) is 13.8 Å². The summed E-state index contributed by atoms with van der Waals surface area (Å²) in [5.41, 5.74) is 9.37. The van der Waals surface area contributed by atoms with E-state index in [-0.39, 0.29) is 0 Å². The van der Waals surface area contributed by atoms with Gasteiger partial charge in [0.2, 0.25) is 0 Å². The lowest BCUT2D eigenvalue weighted by atomic mass is 10.0. The molecule has 0 aliphatic carbocycles.